The first-order chi connectivity index (χ1) is 7.65. The molecule has 0 fully saturated rings. The average Bonchev–Trinajstić information content (AvgIpc) is 2.27. The molecule has 1 N–H and O–H groups in total. The van der Waals surface area contributed by atoms with Crippen molar-refractivity contribution in [3.05, 3.63) is 29.8 Å². The van der Waals surface area contributed by atoms with E-state index in [1.165, 1.54) is 5.56 Å². The van der Waals surface area contributed by atoms with E-state index >= 15 is 0 Å². The van der Waals surface area contributed by atoms with Crippen LogP contribution >= 0.6 is 11.8 Å². The molecular formula is C13H20O2S. The Kier molecular flexibility index (Phi) is 5.71. The molecule has 0 amide bonds. The minimum Gasteiger partial charge on any atom is -0.494 e. The van der Waals surface area contributed by atoms with Gasteiger partial charge in [0.05, 0.1) is 12.7 Å². The van der Waals surface area contributed by atoms with Crippen LogP contribution in [0.5, 0.6) is 5.75 Å². The normalized spacial score (nSPS) is 14.5. The number of aliphatic hydroxyl groups is 1. The second-order valence-corrected chi connectivity index (χ2v) is 5.16. The Morgan fingerprint density at radius 2 is 2.00 bits per heavy atom. The number of aliphatic hydroxyl groups excluding tert-OH is 1. The molecule has 0 saturated carbocycles. The first-order valence-corrected chi connectivity index (χ1v) is 6.70. The fourth-order valence-electron chi connectivity index (χ4n) is 1.28. The van der Waals surface area contributed by atoms with Crippen molar-refractivity contribution >= 4 is 11.8 Å². The molecule has 90 valence electrons. The van der Waals surface area contributed by atoms with Crippen LogP contribution in [0.15, 0.2) is 24.3 Å². The second-order valence-electron chi connectivity index (χ2n) is 3.80. The first kappa shape index (κ1) is 13.4. The van der Waals surface area contributed by atoms with E-state index in [9.17, 15) is 5.11 Å². The van der Waals surface area contributed by atoms with Gasteiger partial charge in [-0.3, -0.25) is 0 Å². The molecule has 2 nitrogen and oxygen atoms in total. The number of benzene rings is 1. The van der Waals surface area contributed by atoms with Crippen molar-refractivity contribution in [2.45, 2.75) is 37.9 Å². The minimum atomic E-state index is -0.274. The lowest BCUT2D eigenvalue weighted by molar-refractivity contribution is 0.196. The van der Waals surface area contributed by atoms with E-state index in [4.69, 9.17) is 4.74 Å². The predicted octanol–water partition coefficient (Wildman–Crippen LogP) is 3.09. The van der Waals surface area contributed by atoms with Crippen LogP contribution in [0.25, 0.3) is 0 Å². The highest BCUT2D eigenvalue weighted by Crippen LogP contribution is 2.26. The summed E-state index contributed by atoms with van der Waals surface area (Å²) in [5, 5.41) is 9.66. The lowest BCUT2D eigenvalue weighted by atomic mass is 10.2. The lowest BCUT2D eigenvalue weighted by Gasteiger charge is -2.15. The molecule has 3 heteroatoms. The van der Waals surface area contributed by atoms with Gasteiger partial charge < -0.3 is 9.84 Å². The third kappa shape index (κ3) is 4.06. The Morgan fingerprint density at radius 3 is 2.62 bits per heavy atom. The molecule has 16 heavy (non-hydrogen) atoms. The highest BCUT2D eigenvalue weighted by Gasteiger charge is 2.10. The molecule has 0 bridgehead atoms. The summed E-state index contributed by atoms with van der Waals surface area (Å²) in [6.45, 7) is 6.54. The first-order valence-electron chi connectivity index (χ1n) is 5.65. The van der Waals surface area contributed by atoms with Crippen molar-refractivity contribution in [1.82, 2.24) is 0 Å². The Labute approximate surface area is 102 Å². The van der Waals surface area contributed by atoms with Gasteiger partial charge in [0.15, 0.2) is 0 Å². The van der Waals surface area contributed by atoms with E-state index in [1.54, 1.807) is 11.8 Å². The molecular weight excluding hydrogens is 220 g/mol. The summed E-state index contributed by atoms with van der Waals surface area (Å²) in [6.07, 6.45) is -0.274. The van der Waals surface area contributed by atoms with E-state index in [2.05, 4.69) is 6.07 Å². The zero-order chi connectivity index (χ0) is 12.0. The Hall–Kier alpha value is -0.670. The van der Waals surface area contributed by atoms with E-state index in [-0.39, 0.29) is 11.4 Å². The molecule has 0 saturated heterocycles. The number of thioether (sulfide) groups is 1. The third-order valence-electron chi connectivity index (χ3n) is 2.45. The number of para-hydroxylation sites is 1. The quantitative estimate of drug-likeness (QED) is 0.828. The van der Waals surface area contributed by atoms with Gasteiger partial charge in [-0.2, -0.15) is 11.8 Å². The zero-order valence-electron chi connectivity index (χ0n) is 10.1. The molecule has 2 atom stereocenters. The van der Waals surface area contributed by atoms with Gasteiger partial charge in [0.25, 0.3) is 0 Å². The summed E-state index contributed by atoms with van der Waals surface area (Å²) >= 11 is 1.75. The number of hydrogen-bond donors (Lipinski definition) is 1. The summed E-state index contributed by atoms with van der Waals surface area (Å²) < 4.78 is 5.55. The Bertz CT molecular complexity index is 313. The maximum Gasteiger partial charge on any atom is 0.123 e. The van der Waals surface area contributed by atoms with Gasteiger partial charge in [-0.1, -0.05) is 25.1 Å². The van der Waals surface area contributed by atoms with Crippen molar-refractivity contribution in [2.75, 3.05) is 6.61 Å². The van der Waals surface area contributed by atoms with Gasteiger partial charge in [0, 0.05) is 16.6 Å². The highest BCUT2D eigenvalue weighted by atomic mass is 32.2. The maximum absolute atomic E-state index is 9.42. The summed E-state index contributed by atoms with van der Waals surface area (Å²) in [4.78, 5) is 0. The summed E-state index contributed by atoms with van der Waals surface area (Å²) in [5.74, 6) is 1.83. The van der Waals surface area contributed by atoms with Crippen LogP contribution in [0.3, 0.4) is 0 Å². The van der Waals surface area contributed by atoms with Crippen molar-refractivity contribution in [3.8, 4) is 5.75 Å². The molecule has 0 spiro atoms. The molecule has 0 heterocycles. The molecule has 2 unspecified atom stereocenters. The van der Waals surface area contributed by atoms with Crippen molar-refractivity contribution in [1.29, 1.82) is 0 Å². The number of ether oxygens (including phenoxy) is 1. The number of hydrogen-bond acceptors (Lipinski definition) is 3. The molecule has 1 rings (SSSR count). The van der Waals surface area contributed by atoms with Gasteiger partial charge >= 0.3 is 0 Å². The highest BCUT2D eigenvalue weighted by molar-refractivity contribution is 7.99. The van der Waals surface area contributed by atoms with Crippen LogP contribution in [-0.2, 0) is 5.75 Å². The molecule has 0 radical (unpaired) electrons. The van der Waals surface area contributed by atoms with Gasteiger partial charge in [0.2, 0.25) is 0 Å². The van der Waals surface area contributed by atoms with Crippen molar-refractivity contribution in [2.24, 2.45) is 0 Å². The van der Waals surface area contributed by atoms with E-state index in [0.29, 0.717) is 6.61 Å². The van der Waals surface area contributed by atoms with Gasteiger partial charge in [-0.05, 0) is 19.9 Å². The SMILES string of the molecule is CCOc1ccccc1CSC(C)C(C)O. The molecule has 0 aliphatic rings. The third-order valence-corrected chi connectivity index (χ3v) is 3.85. The van der Waals surface area contributed by atoms with Crippen LogP contribution in [0, 0.1) is 0 Å². The molecule has 0 aliphatic heterocycles. The molecule has 0 aromatic heterocycles. The predicted molar refractivity (Wildman–Crippen MR) is 70.0 cm³/mol. The minimum absolute atomic E-state index is 0.245. The van der Waals surface area contributed by atoms with Crippen LogP contribution in [-0.4, -0.2) is 23.1 Å². The number of rotatable bonds is 6. The average molecular weight is 240 g/mol. The largest absolute Gasteiger partial charge is 0.494 e. The van der Waals surface area contributed by atoms with E-state index in [1.807, 2.05) is 39.0 Å². The summed E-state index contributed by atoms with van der Waals surface area (Å²) in [5.41, 5.74) is 1.20. The summed E-state index contributed by atoms with van der Waals surface area (Å²) in [6, 6.07) is 8.07. The molecule has 1 aromatic carbocycles. The van der Waals surface area contributed by atoms with Gasteiger partial charge in [-0.15, -0.1) is 0 Å². The second kappa shape index (κ2) is 6.81. The van der Waals surface area contributed by atoms with Crippen LogP contribution in [0.4, 0.5) is 0 Å². The van der Waals surface area contributed by atoms with Crippen LogP contribution in [0.2, 0.25) is 0 Å². The van der Waals surface area contributed by atoms with Crippen molar-refractivity contribution in [3.63, 3.8) is 0 Å². The van der Waals surface area contributed by atoms with Gasteiger partial charge in [0.1, 0.15) is 5.75 Å². The standard InChI is InChI=1S/C13H20O2S/c1-4-15-13-8-6-5-7-12(13)9-16-11(3)10(2)14/h5-8,10-11,14H,4,9H2,1-3H3. The van der Waals surface area contributed by atoms with E-state index < -0.39 is 0 Å². The zero-order valence-corrected chi connectivity index (χ0v) is 11.0. The van der Waals surface area contributed by atoms with E-state index in [0.717, 1.165) is 11.5 Å². The van der Waals surface area contributed by atoms with Crippen LogP contribution in [0.1, 0.15) is 26.3 Å². The van der Waals surface area contributed by atoms with Crippen molar-refractivity contribution < 1.29 is 9.84 Å². The maximum atomic E-state index is 9.42. The van der Waals surface area contributed by atoms with Crippen LogP contribution < -0.4 is 4.74 Å². The fourth-order valence-corrected chi connectivity index (χ4v) is 2.24. The smallest absolute Gasteiger partial charge is 0.123 e. The summed E-state index contributed by atoms with van der Waals surface area (Å²) in [7, 11) is 0. The molecule has 1 aromatic rings. The Balaban J connectivity index is 2.58. The topological polar surface area (TPSA) is 29.5 Å². The Morgan fingerprint density at radius 1 is 1.31 bits per heavy atom. The lowest BCUT2D eigenvalue weighted by Crippen LogP contribution is -2.15. The van der Waals surface area contributed by atoms with Gasteiger partial charge in [-0.25, -0.2) is 0 Å². The molecule has 0 aliphatic carbocycles. The fraction of sp³-hybridized carbons (Fsp3) is 0.538. The monoisotopic (exact) mass is 240 g/mol.